The van der Waals surface area contributed by atoms with Gasteiger partial charge in [0.05, 0.1) is 0 Å². The molecule has 0 aromatic carbocycles. The zero-order valence-corrected chi connectivity index (χ0v) is 12.2. The Morgan fingerprint density at radius 1 is 1.32 bits per heavy atom. The Labute approximate surface area is 123 Å². The van der Waals surface area contributed by atoms with E-state index in [1.54, 1.807) is 12.3 Å². The van der Waals surface area contributed by atoms with Crippen LogP contribution in [-0.4, -0.2) is 4.98 Å². The highest BCUT2D eigenvalue weighted by Crippen LogP contribution is 2.38. The first-order chi connectivity index (χ1) is 8.41. The van der Waals surface area contributed by atoms with Crippen LogP contribution in [0.3, 0.4) is 0 Å². The van der Waals surface area contributed by atoms with Crippen LogP contribution in [0, 0.1) is 6.92 Å². The number of rotatable bonds is 2. The maximum absolute atomic E-state index is 12.5. The smallest absolute Gasteiger partial charge is 0.261 e. The van der Waals surface area contributed by atoms with Gasteiger partial charge in [-0.2, -0.15) is 13.2 Å². The highest BCUT2D eigenvalue weighted by atomic mass is 35.5. The molecule has 0 radical (unpaired) electrons. The predicted molar refractivity (Wildman–Crippen MR) is 74.1 cm³/mol. The fraction of sp³-hybridized carbons (Fsp3) is 0.250. The summed E-state index contributed by atoms with van der Waals surface area (Å²) < 4.78 is 37.5. The van der Waals surface area contributed by atoms with Gasteiger partial charge in [-0.05, 0) is 30.7 Å². The lowest BCUT2D eigenvalue weighted by Crippen LogP contribution is -2.00. The average Bonchev–Trinajstić information content (AvgIpc) is 2.78. The molecule has 104 valence electrons. The van der Waals surface area contributed by atoms with Gasteiger partial charge in [0.25, 0.3) is 0 Å². The molecule has 2 aromatic rings. The Balaban J connectivity index is 0.00000180. The first kappa shape index (κ1) is 16.3. The molecule has 19 heavy (non-hydrogen) atoms. The van der Waals surface area contributed by atoms with E-state index >= 15 is 0 Å². The molecule has 0 aliphatic heterocycles. The second-order valence-corrected chi connectivity index (χ2v) is 5.11. The molecule has 2 aromatic heterocycles. The van der Waals surface area contributed by atoms with Gasteiger partial charge in [0.1, 0.15) is 4.88 Å². The number of aryl methyl sites for hydroxylation is 1. The molecule has 2 heterocycles. The topological polar surface area (TPSA) is 12.9 Å². The van der Waals surface area contributed by atoms with Gasteiger partial charge in [-0.15, -0.1) is 35.3 Å². The van der Waals surface area contributed by atoms with Crippen molar-refractivity contribution in [1.29, 1.82) is 0 Å². The zero-order valence-electron chi connectivity index (χ0n) is 9.79. The van der Waals surface area contributed by atoms with Gasteiger partial charge in [0.2, 0.25) is 0 Å². The molecule has 1 nitrogen and oxygen atoms in total. The molecule has 0 amide bonds. The monoisotopic (exact) mass is 327 g/mol. The van der Waals surface area contributed by atoms with Crippen molar-refractivity contribution in [2.45, 2.75) is 19.0 Å². The molecule has 0 fully saturated rings. The molecule has 0 aliphatic carbocycles. The van der Waals surface area contributed by atoms with Crippen molar-refractivity contribution in [3.05, 3.63) is 40.5 Å². The molecular formula is C12H10Cl2F3NS. The van der Waals surface area contributed by atoms with E-state index in [0.717, 1.165) is 17.3 Å². The van der Waals surface area contributed by atoms with Crippen LogP contribution in [0.15, 0.2) is 24.4 Å². The lowest BCUT2D eigenvalue weighted by molar-refractivity contribution is -0.134. The Hall–Kier alpha value is -0.780. The van der Waals surface area contributed by atoms with Crippen molar-refractivity contribution in [3.63, 3.8) is 0 Å². The van der Waals surface area contributed by atoms with E-state index in [0.29, 0.717) is 27.7 Å². The fourth-order valence-corrected chi connectivity index (χ4v) is 2.62. The van der Waals surface area contributed by atoms with E-state index in [9.17, 15) is 13.2 Å². The van der Waals surface area contributed by atoms with Crippen molar-refractivity contribution in [2.24, 2.45) is 0 Å². The quantitative estimate of drug-likeness (QED) is 0.682. The van der Waals surface area contributed by atoms with E-state index in [2.05, 4.69) is 4.98 Å². The van der Waals surface area contributed by atoms with Crippen LogP contribution in [0.5, 0.6) is 0 Å². The third-order valence-corrected chi connectivity index (χ3v) is 3.97. The lowest BCUT2D eigenvalue weighted by Gasteiger charge is -2.04. The Bertz CT molecular complexity index is 566. The summed E-state index contributed by atoms with van der Waals surface area (Å²) >= 11 is 6.46. The average molecular weight is 328 g/mol. The third kappa shape index (κ3) is 3.61. The van der Waals surface area contributed by atoms with Gasteiger partial charge in [-0.1, -0.05) is 0 Å². The van der Waals surface area contributed by atoms with Gasteiger partial charge in [-0.25, -0.2) is 0 Å². The molecule has 7 heteroatoms. The number of alkyl halides is 4. The molecule has 0 spiro atoms. The number of hydrogen-bond donors (Lipinski definition) is 0. The fourth-order valence-electron chi connectivity index (χ4n) is 1.49. The van der Waals surface area contributed by atoms with Crippen LogP contribution in [0.4, 0.5) is 13.2 Å². The van der Waals surface area contributed by atoms with Crippen molar-refractivity contribution < 1.29 is 13.2 Å². The maximum atomic E-state index is 12.5. The first-order valence-corrected chi connectivity index (χ1v) is 6.46. The molecule has 0 atom stereocenters. The van der Waals surface area contributed by atoms with E-state index < -0.39 is 11.1 Å². The second kappa shape index (κ2) is 6.11. The van der Waals surface area contributed by atoms with Gasteiger partial charge in [0, 0.05) is 28.2 Å². The highest BCUT2D eigenvalue weighted by molar-refractivity contribution is 7.15. The molecule has 0 saturated heterocycles. The molecular weight excluding hydrogens is 318 g/mol. The molecule has 0 bridgehead atoms. The summed E-state index contributed by atoms with van der Waals surface area (Å²) in [6, 6.07) is 4.32. The van der Waals surface area contributed by atoms with Crippen LogP contribution in [0.2, 0.25) is 0 Å². The van der Waals surface area contributed by atoms with Crippen LogP contribution in [0.25, 0.3) is 10.4 Å². The maximum Gasteiger partial charge on any atom is 0.425 e. The van der Waals surface area contributed by atoms with E-state index in [-0.39, 0.29) is 12.4 Å². The molecule has 2 rings (SSSR count). The van der Waals surface area contributed by atoms with E-state index in [1.807, 2.05) is 6.92 Å². The van der Waals surface area contributed by atoms with Crippen LogP contribution in [-0.2, 0) is 12.1 Å². The van der Waals surface area contributed by atoms with E-state index in [1.165, 1.54) is 6.07 Å². The van der Waals surface area contributed by atoms with Crippen molar-refractivity contribution in [1.82, 2.24) is 4.98 Å². The number of halogens is 5. The third-order valence-electron chi connectivity index (χ3n) is 2.51. The molecule has 0 aliphatic rings. The summed E-state index contributed by atoms with van der Waals surface area (Å²) in [5, 5.41) is 0. The number of nitrogens with zero attached hydrogens (tertiary/aromatic N) is 1. The lowest BCUT2D eigenvalue weighted by atomic mass is 10.1. The van der Waals surface area contributed by atoms with Gasteiger partial charge in [0.15, 0.2) is 0 Å². The molecule has 0 unspecified atom stereocenters. The standard InChI is InChI=1S/C12H9ClF3NS.ClH/c1-7-8(5-13)4-9(6-17-7)10-2-3-11(18-10)12(14,15)16;/h2-4,6H,5H2,1H3;1H. The number of hydrogen-bond acceptors (Lipinski definition) is 2. The van der Waals surface area contributed by atoms with Crippen LogP contribution < -0.4 is 0 Å². The van der Waals surface area contributed by atoms with Crippen LogP contribution in [0.1, 0.15) is 16.1 Å². The molecule has 0 N–H and O–H groups in total. The second-order valence-electron chi connectivity index (χ2n) is 3.76. The van der Waals surface area contributed by atoms with Crippen molar-refractivity contribution in [2.75, 3.05) is 0 Å². The summed E-state index contributed by atoms with van der Waals surface area (Å²) in [6.07, 6.45) is -2.73. The minimum absolute atomic E-state index is 0. The Kier molecular flexibility index (Phi) is 5.24. The Morgan fingerprint density at radius 3 is 2.53 bits per heavy atom. The van der Waals surface area contributed by atoms with Crippen molar-refractivity contribution in [3.8, 4) is 10.4 Å². The zero-order chi connectivity index (χ0) is 13.3. The number of aromatic nitrogens is 1. The van der Waals surface area contributed by atoms with Crippen molar-refractivity contribution >= 4 is 35.3 Å². The summed E-state index contributed by atoms with van der Waals surface area (Å²) in [5.41, 5.74) is 2.29. The molecule has 0 saturated carbocycles. The first-order valence-electron chi connectivity index (χ1n) is 5.10. The van der Waals surface area contributed by atoms with Crippen LogP contribution >= 0.6 is 35.3 Å². The van der Waals surface area contributed by atoms with Gasteiger partial charge in [-0.3, -0.25) is 4.98 Å². The largest absolute Gasteiger partial charge is 0.425 e. The summed E-state index contributed by atoms with van der Waals surface area (Å²) in [4.78, 5) is 4.08. The SMILES string of the molecule is Cc1ncc(-c2ccc(C(F)(F)F)s2)cc1CCl.Cl. The summed E-state index contributed by atoms with van der Waals surface area (Å²) in [6.45, 7) is 1.82. The summed E-state index contributed by atoms with van der Waals surface area (Å²) in [7, 11) is 0. The Morgan fingerprint density at radius 2 is 2.00 bits per heavy atom. The highest BCUT2D eigenvalue weighted by Gasteiger charge is 2.32. The normalized spacial score (nSPS) is 11.2. The summed E-state index contributed by atoms with van der Waals surface area (Å²) in [5.74, 6) is 0.296. The minimum atomic E-state index is -4.30. The van der Waals surface area contributed by atoms with Gasteiger partial charge < -0.3 is 0 Å². The van der Waals surface area contributed by atoms with Gasteiger partial charge >= 0.3 is 6.18 Å². The van der Waals surface area contributed by atoms with E-state index in [4.69, 9.17) is 11.6 Å². The number of pyridine rings is 1. The minimum Gasteiger partial charge on any atom is -0.261 e. The number of thiophene rings is 1. The predicted octanol–water partition coefficient (Wildman–Crippen LogP) is 5.30.